The van der Waals surface area contributed by atoms with Gasteiger partial charge in [-0.05, 0) is 60.7 Å². The highest BCUT2D eigenvalue weighted by molar-refractivity contribution is 8.13. The van der Waals surface area contributed by atoms with Gasteiger partial charge in [-0.1, -0.05) is 46.4 Å². The molecule has 0 saturated carbocycles. The Morgan fingerprint density at radius 2 is 0.984 bits per heavy atom. The SMILES string of the molecule is COc1ccc(Oc2c(Cl)cc(-n3nc(C(F)F)c(=O)[nH]c3=O)cc2Cl)cc1.COc1ccc(Oc2c(Cl)cc(-n3nc(C(F)F)c(=O)[nH]c3=O)cc2Cl)cc1S(=O)(=O)Cl.F.[F-]. The Balaban J connectivity index is 0.000000323. The molecular formula is C34H22Cl5F6N6O10S-. The zero-order chi connectivity index (χ0) is 44.2. The second-order valence-corrected chi connectivity index (χ2v) is 15.5. The van der Waals surface area contributed by atoms with Crippen LogP contribution in [0.15, 0.2) is 90.8 Å². The molecule has 0 amide bonds. The third-order valence-electron chi connectivity index (χ3n) is 7.47. The largest absolute Gasteiger partial charge is 1.00 e. The van der Waals surface area contributed by atoms with E-state index in [-0.39, 0.29) is 68.8 Å². The molecule has 4 aromatic carbocycles. The highest BCUT2D eigenvalue weighted by Crippen LogP contribution is 2.41. The molecule has 6 aromatic rings. The molecule has 0 aliphatic heterocycles. The summed E-state index contributed by atoms with van der Waals surface area (Å²) < 4.78 is 97.4. The van der Waals surface area contributed by atoms with Crippen molar-refractivity contribution >= 4 is 66.1 Å². The third kappa shape index (κ3) is 11.6. The predicted octanol–water partition coefficient (Wildman–Crippen LogP) is 5.02. The van der Waals surface area contributed by atoms with Crippen molar-refractivity contribution in [3.63, 3.8) is 0 Å². The summed E-state index contributed by atoms with van der Waals surface area (Å²) in [6.45, 7) is 0. The van der Waals surface area contributed by atoms with E-state index in [0.717, 1.165) is 18.2 Å². The molecule has 332 valence electrons. The number of benzene rings is 4. The number of aromatic amines is 2. The predicted molar refractivity (Wildman–Crippen MR) is 213 cm³/mol. The number of hydrogen-bond acceptors (Lipinski definition) is 12. The van der Waals surface area contributed by atoms with Crippen molar-refractivity contribution in [3.05, 3.63) is 140 Å². The topological polar surface area (TPSA) is 207 Å². The van der Waals surface area contributed by atoms with Crippen LogP contribution in [0.2, 0.25) is 20.1 Å². The summed E-state index contributed by atoms with van der Waals surface area (Å²) in [6, 6.07) is 15.0. The van der Waals surface area contributed by atoms with Crippen molar-refractivity contribution in [1.82, 2.24) is 29.5 Å². The van der Waals surface area contributed by atoms with E-state index in [9.17, 15) is 45.2 Å². The summed E-state index contributed by atoms with van der Waals surface area (Å²) in [5.41, 5.74) is -7.18. The molecule has 6 rings (SSSR count). The number of methoxy groups -OCH3 is 2. The number of alkyl halides is 4. The van der Waals surface area contributed by atoms with Gasteiger partial charge in [0.2, 0.25) is 0 Å². The van der Waals surface area contributed by atoms with Gasteiger partial charge >= 0.3 is 11.4 Å². The van der Waals surface area contributed by atoms with Crippen LogP contribution in [0.4, 0.5) is 22.3 Å². The minimum Gasteiger partial charge on any atom is -1.00 e. The lowest BCUT2D eigenvalue weighted by molar-refractivity contribution is -0.0000234. The van der Waals surface area contributed by atoms with Crippen molar-refractivity contribution in [3.8, 4) is 45.9 Å². The van der Waals surface area contributed by atoms with Crippen molar-refractivity contribution < 1.29 is 54.3 Å². The maximum absolute atomic E-state index is 13.0. The van der Waals surface area contributed by atoms with E-state index in [4.69, 9.17) is 76.0 Å². The molecule has 2 aromatic heterocycles. The van der Waals surface area contributed by atoms with Crippen LogP contribution in [0, 0.1) is 0 Å². The van der Waals surface area contributed by atoms with E-state index in [1.54, 1.807) is 34.2 Å². The van der Waals surface area contributed by atoms with Crippen molar-refractivity contribution in [2.75, 3.05) is 14.2 Å². The van der Waals surface area contributed by atoms with Gasteiger partial charge in [-0.2, -0.15) is 19.6 Å². The second-order valence-electron chi connectivity index (χ2n) is 11.3. The van der Waals surface area contributed by atoms with Gasteiger partial charge in [0.05, 0.1) is 45.7 Å². The molecule has 0 saturated heterocycles. The maximum Gasteiger partial charge on any atom is 0.349 e. The van der Waals surface area contributed by atoms with E-state index in [1.807, 2.05) is 0 Å². The van der Waals surface area contributed by atoms with Crippen LogP contribution < -0.4 is 46.1 Å². The van der Waals surface area contributed by atoms with Crippen LogP contribution in [-0.2, 0) is 9.05 Å². The number of H-pyrrole nitrogens is 2. The van der Waals surface area contributed by atoms with Gasteiger partial charge in [-0.25, -0.2) is 35.6 Å². The summed E-state index contributed by atoms with van der Waals surface area (Å²) in [7, 11) is 3.99. The number of nitrogens with zero attached hydrogens (tertiary/aromatic N) is 4. The fourth-order valence-electron chi connectivity index (χ4n) is 4.78. The summed E-state index contributed by atoms with van der Waals surface area (Å²) in [6.07, 6.45) is -6.40. The van der Waals surface area contributed by atoms with Crippen molar-refractivity contribution in [2.24, 2.45) is 0 Å². The summed E-state index contributed by atoms with van der Waals surface area (Å²) >= 11 is 24.7. The summed E-state index contributed by atoms with van der Waals surface area (Å²) in [4.78, 5) is 49.9. The van der Waals surface area contributed by atoms with Crippen LogP contribution in [0.3, 0.4) is 0 Å². The first-order valence-corrected chi connectivity index (χ1v) is 19.7. The fourth-order valence-corrected chi connectivity index (χ4v) is 6.90. The minimum atomic E-state index is -4.18. The van der Waals surface area contributed by atoms with Gasteiger partial charge in [-0.3, -0.25) is 24.3 Å². The van der Waals surface area contributed by atoms with Gasteiger partial charge < -0.3 is 23.7 Å². The van der Waals surface area contributed by atoms with E-state index >= 15 is 0 Å². The molecule has 0 atom stereocenters. The molecule has 0 spiro atoms. The fraction of sp³-hybridized carbons (Fsp3) is 0.118. The van der Waals surface area contributed by atoms with Gasteiger partial charge in [0.1, 0.15) is 27.9 Å². The smallest absolute Gasteiger partial charge is 0.349 e. The molecule has 0 unspecified atom stereocenters. The van der Waals surface area contributed by atoms with Crippen LogP contribution in [0.1, 0.15) is 24.2 Å². The standard InChI is InChI=1S/C17H10Cl3F2N3O6S.C17H11Cl2F2N3O4.2FH/c1-30-11-3-2-8(6-12(11)32(20,28)29)31-14-9(18)4-7(5-10(14)19)25-17(27)23-16(26)13(24-25)15(21)22;1-27-9-2-4-10(5-3-9)28-14-11(18)6-8(7-12(14)19)24-17(26)22-16(25)13(23-24)15(20)21;;/h2-6,15H,1H3,(H,23,26,27);2-7,15H,1H3,(H,22,25,26);2*1H/p-1. The monoisotopic (exact) mass is 995 g/mol. The molecule has 2 N–H and O–H groups in total. The lowest BCUT2D eigenvalue weighted by Crippen LogP contribution is -3.00. The molecule has 16 nitrogen and oxygen atoms in total. The summed E-state index contributed by atoms with van der Waals surface area (Å²) in [5.74, 6) is 0.921. The molecule has 0 aliphatic rings. The van der Waals surface area contributed by atoms with Crippen LogP contribution >= 0.6 is 57.1 Å². The van der Waals surface area contributed by atoms with Gasteiger partial charge in [0, 0.05) is 16.7 Å². The highest BCUT2D eigenvalue weighted by Gasteiger charge is 2.22. The van der Waals surface area contributed by atoms with Gasteiger partial charge in [-0.15, -0.1) is 0 Å². The van der Waals surface area contributed by atoms with E-state index in [2.05, 4.69) is 10.2 Å². The molecule has 0 bridgehead atoms. The number of nitrogens with one attached hydrogen (secondary N) is 2. The molecule has 2 heterocycles. The van der Waals surface area contributed by atoms with Crippen LogP contribution in [0.5, 0.6) is 34.5 Å². The first-order valence-electron chi connectivity index (χ1n) is 15.9. The number of rotatable bonds is 11. The number of aromatic nitrogens is 6. The average Bonchev–Trinajstić information content (AvgIpc) is 3.17. The minimum absolute atomic E-state index is 0. The van der Waals surface area contributed by atoms with Gasteiger partial charge in [0.15, 0.2) is 22.9 Å². The van der Waals surface area contributed by atoms with Crippen LogP contribution in [0.25, 0.3) is 11.4 Å². The van der Waals surface area contributed by atoms with Gasteiger partial charge in [0.25, 0.3) is 33.0 Å². The zero-order valence-electron chi connectivity index (χ0n) is 30.5. The summed E-state index contributed by atoms with van der Waals surface area (Å²) in [5, 5.41) is 6.37. The van der Waals surface area contributed by atoms with E-state index in [1.165, 1.54) is 38.5 Å². The maximum atomic E-state index is 13.0. The Kier molecular flexibility index (Phi) is 17.1. The van der Waals surface area contributed by atoms with E-state index in [0.29, 0.717) is 20.9 Å². The number of hydrogen-bond donors (Lipinski definition) is 2. The molecule has 62 heavy (non-hydrogen) atoms. The Morgan fingerprint density at radius 1 is 0.613 bits per heavy atom. The zero-order valence-corrected chi connectivity index (χ0v) is 35.1. The van der Waals surface area contributed by atoms with E-state index < -0.39 is 55.8 Å². The Bertz CT molecular complexity index is 2910. The Labute approximate surface area is 366 Å². The molecule has 0 radical (unpaired) electrons. The number of ether oxygens (including phenoxy) is 4. The third-order valence-corrected chi connectivity index (χ3v) is 9.94. The van der Waals surface area contributed by atoms with Crippen molar-refractivity contribution in [1.29, 1.82) is 0 Å². The number of halogens is 11. The molecular weight excluding hydrogens is 976 g/mol. The molecule has 0 fully saturated rings. The average molecular weight is 998 g/mol. The Morgan fingerprint density at radius 3 is 1.34 bits per heavy atom. The first kappa shape index (κ1) is 50.6. The lowest BCUT2D eigenvalue weighted by Gasteiger charge is -2.14. The molecule has 0 aliphatic carbocycles. The first-order chi connectivity index (χ1) is 28.2. The quantitative estimate of drug-likeness (QED) is 0.130. The van der Waals surface area contributed by atoms with Crippen LogP contribution in [-0.4, -0.2) is 52.2 Å². The normalized spacial score (nSPS) is 10.9. The van der Waals surface area contributed by atoms with Crippen molar-refractivity contribution in [2.45, 2.75) is 17.7 Å². The molecule has 28 heteroatoms. The second kappa shape index (κ2) is 20.9. The lowest BCUT2D eigenvalue weighted by atomic mass is 10.3. The highest BCUT2D eigenvalue weighted by atomic mass is 35.7. The Hall–Kier alpha value is -5.72.